The number of rotatable bonds is 6. The zero-order chi connectivity index (χ0) is 20.2. The summed E-state index contributed by atoms with van der Waals surface area (Å²) in [5.41, 5.74) is 3.83. The van der Waals surface area contributed by atoms with Crippen molar-refractivity contribution in [2.75, 3.05) is 11.1 Å². The molecule has 0 saturated heterocycles. The maximum atomic E-state index is 12.2. The van der Waals surface area contributed by atoms with Crippen LogP contribution in [0.15, 0.2) is 68.0 Å². The number of aryl methyl sites for hydroxylation is 1. The summed E-state index contributed by atoms with van der Waals surface area (Å²) in [6, 6.07) is 15.7. The van der Waals surface area contributed by atoms with Crippen LogP contribution in [0, 0.1) is 6.92 Å². The highest BCUT2D eigenvalue weighted by atomic mass is 79.9. The van der Waals surface area contributed by atoms with Gasteiger partial charge in [0.15, 0.2) is 5.13 Å². The number of benzene rings is 2. The lowest BCUT2D eigenvalue weighted by atomic mass is 10.1. The van der Waals surface area contributed by atoms with Crippen molar-refractivity contribution in [2.24, 2.45) is 0 Å². The molecule has 0 aliphatic rings. The molecule has 29 heavy (non-hydrogen) atoms. The Balaban J connectivity index is 1.33. The minimum atomic E-state index is -0.179. The van der Waals surface area contributed by atoms with Crippen LogP contribution in [0.1, 0.15) is 5.56 Å². The Bertz CT molecular complexity index is 1120. The molecular formula is C20H15BrN4O2S2. The molecule has 0 fully saturated rings. The van der Waals surface area contributed by atoms with Crippen molar-refractivity contribution in [2.45, 2.75) is 12.1 Å². The molecule has 4 rings (SSSR count). The third kappa shape index (κ3) is 5.11. The lowest BCUT2D eigenvalue weighted by molar-refractivity contribution is -0.113. The predicted octanol–water partition coefficient (Wildman–Crippen LogP) is 5.66. The number of amides is 1. The van der Waals surface area contributed by atoms with Gasteiger partial charge in [0.2, 0.25) is 11.8 Å². The van der Waals surface area contributed by atoms with Crippen molar-refractivity contribution < 1.29 is 9.21 Å². The molecule has 0 radical (unpaired) electrons. The number of anilines is 1. The second kappa shape index (κ2) is 8.89. The van der Waals surface area contributed by atoms with Gasteiger partial charge in [-0.05, 0) is 31.2 Å². The number of hydrogen-bond acceptors (Lipinski definition) is 7. The monoisotopic (exact) mass is 486 g/mol. The fourth-order valence-corrected chi connectivity index (χ4v) is 4.01. The van der Waals surface area contributed by atoms with Crippen LogP contribution < -0.4 is 5.32 Å². The van der Waals surface area contributed by atoms with Crippen LogP contribution in [0.25, 0.3) is 22.7 Å². The fraction of sp³-hybridized carbons (Fsp3) is 0.100. The number of halogens is 1. The molecule has 0 saturated carbocycles. The highest BCUT2D eigenvalue weighted by Gasteiger charge is 2.13. The maximum Gasteiger partial charge on any atom is 0.277 e. The molecule has 0 bridgehead atoms. The third-order valence-electron chi connectivity index (χ3n) is 3.92. The van der Waals surface area contributed by atoms with Gasteiger partial charge < -0.3 is 9.73 Å². The summed E-state index contributed by atoms with van der Waals surface area (Å²) < 4.78 is 6.63. The molecule has 2 heterocycles. The van der Waals surface area contributed by atoms with Crippen LogP contribution in [0.3, 0.4) is 0 Å². The van der Waals surface area contributed by atoms with Crippen molar-refractivity contribution in [3.05, 3.63) is 63.9 Å². The van der Waals surface area contributed by atoms with Crippen LogP contribution in [0.4, 0.5) is 5.13 Å². The number of nitrogens with zero attached hydrogens (tertiary/aromatic N) is 3. The molecular weight excluding hydrogens is 472 g/mol. The Kier molecular flexibility index (Phi) is 6.08. The van der Waals surface area contributed by atoms with Crippen molar-refractivity contribution in [3.8, 4) is 22.7 Å². The standard InChI is InChI=1S/C20H15BrN4O2S2/c1-12-2-4-14(5-3-12)18-24-25-20(27-18)29-11-17(26)23-19-22-16(10-28-19)13-6-8-15(21)9-7-13/h2-10H,11H2,1H3,(H,22,23,26). The molecule has 2 aromatic carbocycles. The first-order valence-corrected chi connectivity index (χ1v) is 11.3. The summed E-state index contributed by atoms with van der Waals surface area (Å²) in [6.07, 6.45) is 0. The second-order valence-electron chi connectivity index (χ2n) is 6.12. The maximum absolute atomic E-state index is 12.2. The van der Waals surface area contributed by atoms with E-state index in [0.717, 1.165) is 26.9 Å². The SMILES string of the molecule is Cc1ccc(-c2nnc(SCC(=O)Nc3nc(-c4ccc(Br)cc4)cs3)o2)cc1. The molecule has 1 amide bonds. The van der Waals surface area contributed by atoms with E-state index in [1.807, 2.05) is 60.8 Å². The molecule has 0 unspecified atom stereocenters. The first kappa shape index (κ1) is 19.8. The first-order chi connectivity index (χ1) is 14.1. The van der Waals surface area contributed by atoms with Crippen LogP contribution in [-0.4, -0.2) is 26.8 Å². The van der Waals surface area contributed by atoms with E-state index in [1.165, 1.54) is 23.1 Å². The third-order valence-corrected chi connectivity index (χ3v) is 6.03. The van der Waals surface area contributed by atoms with Gasteiger partial charge in [-0.15, -0.1) is 21.5 Å². The van der Waals surface area contributed by atoms with Gasteiger partial charge in [-0.2, -0.15) is 0 Å². The molecule has 0 aliphatic heterocycles. The second-order valence-corrected chi connectivity index (χ2v) is 8.82. The average molecular weight is 487 g/mol. The molecule has 4 aromatic rings. The lowest BCUT2D eigenvalue weighted by Crippen LogP contribution is -2.13. The zero-order valence-corrected chi connectivity index (χ0v) is 18.5. The van der Waals surface area contributed by atoms with Gasteiger partial charge in [-0.25, -0.2) is 4.98 Å². The van der Waals surface area contributed by atoms with Crippen molar-refractivity contribution in [1.29, 1.82) is 0 Å². The van der Waals surface area contributed by atoms with E-state index in [-0.39, 0.29) is 11.7 Å². The van der Waals surface area contributed by atoms with Crippen LogP contribution in [0.2, 0.25) is 0 Å². The number of carbonyl (C=O) groups is 1. The topological polar surface area (TPSA) is 80.9 Å². The van der Waals surface area contributed by atoms with E-state index >= 15 is 0 Å². The number of aromatic nitrogens is 3. The van der Waals surface area contributed by atoms with Crippen molar-refractivity contribution in [3.63, 3.8) is 0 Å². The Morgan fingerprint density at radius 1 is 1.10 bits per heavy atom. The molecule has 146 valence electrons. The van der Waals surface area contributed by atoms with Gasteiger partial charge in [0.1, 0.15) is 0 Å². The van der Waals surface area contributed by atoms with E-state index in [9.17, 15) is 4.79 Å². The van der Waals surface area contributed by atoms with E-state index in [0.29, 0.717) is 16.2 Å². The molecule has 9 heteroatoms. The van der Waals surface area contributed by atoms with E-state index in [2.05, 4.69) is 36.4 Å². The van der Waals surface area contributed by atoms with Crippen molar-refractivity contribution >= 4 is 50.1 Å². The van der Waals surface area contributed by atoms with E-state index < -0.39 is 0 Å². The van der Waals surface area contributed by atoms with Crippen LogP contribution >= 0.6 is 39.0 Å². The lowest BCUT2D eigenvalue weighted by Gasteiger charge is -2.00. The van der Waals surface area contributed by atoms with Gasteiger partial charge in [0.05, 0.1) is 11.4 Å². The molecule has 0 atom stereocenters. The Morgan fingerprint density at radius 2 is 1.83 bits per heavy atom. The van der Waals surface area contributed by atoms with E-state index in [4.69, 9.17) is 4.42 Å². The Morgan fingerprint density at radius 3 is 2.59 bits per heavy atom. The number of thiazole rings is 1. The Hall–Kier alpha value is -2.49. The smallest absolute Gasteiger partial charge is 0.277 e. The van der Waals surface area contributed by atoms with Crippen LogP contribution in [-0.2, 0) is 4.79 Å². The summed E-state index contributed by atoms with van der Waals surface area (Å²) in [5, 5.41) is 13.7. The quantitative estimate of drug-likeness (QED) is 0.354. The number of hydrogen-bond donors (Lipinski definition) is 1. The average Bonchev–Trinajstić information content (AvgIpc) is 3.37. The molecule has 6 nitrogen and oxygen atoms in total. The highest BCUT2D eigenvalue weighted by Crippen LogP contribution is 2.27. The largest absolute Gasteiger partial charge is 0.411 e. The number of nitrogens with one attached hydrogen (secondary N) is 1. The normalized spacial score (nSPS) is 10.8. The number of carbonyl (C=O) groups excluding carboxylic acids is 1. The first-order valence-electron chi connectivity index (χ1n) is 8.61. The molecule has 1 N–H and O–H groups in total. The molecule has 0 aliphatic carbocycles. The highest BCUT2D eigenvalue weighted by molar-refractivity contribution is 9.10. The summed E-state index contributed by atoms with van der Waals surface area (Å²) in [5.74, 6) is 0.414. The Labute approximate surface area is 183 Å². The van der Waals surface area contributed by atoms with Gasteiger partial charge in [0.25, 0.3) is 5.22 Å². The molecule has 0 spiro atoms. The predicted molar refractivity (Wildman–Crippen MR) is 119 cm³/mol. The fourth-order valence-electron chi connectivity index (χ4n) is 2.45. The van der Waals surface area contributed by atoms with Gasteiger partial charge >= 0.3 is 0 Å². The minimum Gasteiger partial charge on any atom is -0.411 e. The zero-order valence-electron chi connectivity index (χ0n) is 15.3. The summed E-state index contributed by atoms with van der Waals surface area (Å²) in [6.45, 7) is 2.02. The minimum absolute atomic E-state index is 0.155. The van der Waals surface area contributed by atoms with Gasteiger partial charge in [-0.1, -0.05) is 57.5 Å². The summed E-state index contributed by atoms with van der Waals surface area (Å²) in [7, 11) is 0. The van der Waals surface area contributed by atoms with E-state index in [1.54, 1.807) is 0 Å². The summed E-state index contributed by atoms with van der Waals surface area (Å²) in [4.78, 5) is 16.7. The summed E-state index contributed by atoms with van der Waals surface area (Å²) >= 11 is 5.99. The van der Waals surface area contributed by atoms with Gasteiger partial charge in [0, 0.05) is 21.0 Å². The van der Waals surface area contributed by atoms with Crippen molar-refractivity contribution in [1.82, 2.24) is 15.2 Å². The molecule has 2 aromatic heterocycles. The van der Waals surface area contributed by atoms with Crippen LogP contribution in [0.5, 0.6) is 0 Å². The number of thioether (sulfide) groups is 1. The van der Waals surface area contributed by atoms with Gasteiger partial charge in [-0.3, -0.25) is 4.79 Å².